The van der Waals surface area contributed by atoms with E-state index in [1.165, 1.54) is 22.3 Å². The Balaban J connectivity index is 1.59. The van der Waals surface area contributed by atoms with Crippen LogP contribution in [0.25, 0.3) is 22.3 Å². The van der Waals surface area contributed by atoms with E-state index in [-0.39, 0.29) is 0 Å². The number of hydrogen-bond donors (Lipinski definition) is 0. The third-order valence-electron chi connectivity index (χ3n) is 6.06. The van der Waals surface area contributed by atoms with Crippen LogP contribution in [0.15, 0.2) is 127 Å². The van der Waals surface area contributed by atoms with Crippen LogP contribution < -0.4 is 14.4 Å². The molecule has 5 aromatic rings. The molecule has 0 saturated heterocycles. The summed E-state index contributed by atoms with van der Waals surface area (Å²) >= 11 is 0. The van der Waals surface area contributed by atoms with Gasteiger partial charge in [0, 0.05) is 29.6 Å². The SMILES string of the molecule is COc1cc(OC)cc(N(c2ccc(-c3ccccc3)cc2)c2ccc(-c3ccccc3)cc2)c1. The summed E-state index contributed by atoms with van der Waals surface area (Å²) in [5, 5.41) is 0. The van der Waals surface area contributed by atoms with Crippen LogP contribution in [-0.4, -0.2) is 14.2 Å². The fourth-order valence-electron chi connectivity index (χ4n) is 4.24. The zero-order valence-corrected chi connectivity index (χ0v) is 19.9. The zero-order chi connectivity index (χ0) is 24.0. The lowest BCUT2D eigenvalue weighted by Crippen LogP contribution is -2.10. The van der Waals surface area contributed by atoms with Crippen molar-refractivity contribution < 1.29 is 9.47 Å². The van der Waals surface area contributed by atoms with Crippen molar-refractivity contribution in [3.63, 3.8) is 0 Å². The molecule has 0 aliphatic heterocycles. The number of rotatable bonds is 7. The molecule has 0 saturated carbocycles. The van der Waals surface area contributed by atoms with Crippen LogP contribution in [0.3, 0.4) is 0 Å². The molecule has 0 aromatic heterocycles. The molecule has 0 aliphatic carbocycles. The smallest absolute Gasteiger partial charge is 0.124 e. The van der Waals surface area contributed by atoms with E-state index in [1.807, 2.05) is 30.3 Å². The predicted molar refractivity (Wildman–Crippen MR) is 145 cm³/mol. The Morgan fingerprint density at radius 2 is 0.771 bits per heavy atom. The Labute approximate surface area is 206 Å². The third-order valence-corrected chi connectivity index (χ3v) is 6.06. The molecule has 0 radical (unpaired) electrons. The standard InChI is InChI=1S/C32H27NO2/c1-34-31-21-30(22-32(23-31)35-2)33(28-17-13-26(14-18-28)24-9-5-3-6-10-24)29-19-15-27(16-20-29)25-11-7-4-8-12-25/h3-23H,1-2H3. The van der Waals surface area contributed by atoms with Gasteiger partial charge in [-0.05, 0) is 46.5 Å². The molecule has 172 valence electrons. The monoisotopic (exact) mass is 457 g/mol. The maximum Gasteiger partial charge on any atom is 0.124 e. The van der Waals surface area contributed by atoms with Crippen molar-refractivity contribution in [2.24, 2.45) is 0 Å². The number of benzene rings is 5. The average molecular weight is 458 g/mol. The first-order valence-electron chi connectivity index (χ1n) is 11.6. The van der Waals surface area contributed by atoms with E-state index >= 15 is 0 Å². The van der Waals surface area contributed by atoms with Gasteiger partial charge in [0.1, 0.15) is 11.5 Å². The third kappa shape index (κ3) is 4.90. The van der Waals surface area contributed by atoms with Gasteiger partial charge in [-0.3, -0.25) is 0 Å². The molecule has 5 aromatic carbocycles. The van der Waals surface area contributed by atoms with Gasteiger partial charge in [0.05, 0.1) is 19.9 Å². The van der Waals surface area contributed by atoms with E-state index in [0.717, 1.165) is 28.6 Å². The molecule has 3 heteroatoms. The lowest BCUT2D eigenvalue weighted by Gasteiger charge is -2.26. The molecule has 35 heavy (non-hydrogen) atoms. The van der Waals surface area contributed by atoms with Crippen molar-refractivity contribution in [1.82, 2.24) is 0 Å². The highest BCUT2D eigenvalue weighted by molar-refractivity contribution is 5.80. The zero-order valence-electron chi connectivity index (χ0n) is 19.9. The molecule has 5 rings (SSSR count). The molecular weight excluding hydrogens is 430 g/mol. The van der Waals surface area contributed by atoms with E-state index in [2.05, 4.69) is 102 Å². The molecule has 0 unspecified atom stereocenters. The quantitative estimate of drug-likeness (QED) is 0.244. The van der Waals surface area contributed by atoms with Crippen molar-refractivity contribution in [2.45, 2.75) is 0 Å². The molecular formula is C32H27NO2. The van der Waals surface area contributed by atoms with Crippen LogP contribution in [0.1, 0.15) is 0 Å². The average Bonchev–Trinajstić information content (AvgIpc) is 2.94. The highest BCUT2D eigenvalue weighted by Gasteiger charge is 2.15. The number of methoxy groups -OCH3 is 2. The van der Waals surface area contributed by atoms with Crippen molar-refractivity contribution >= 4 is 17.1 Å². The second-order valence-electron chi connectivity index (χ2n) is 8.23. The van der Waals surface area contributed by atoms with Crippen molar-refractivity contribution in [3.05, 3.63) is 127 Å². The molecule has 0 amide bonds. The van der Waals surface area contributed by atoms with Crippen LogP contribution in [0.2, 0.25) is 0 Å². The molecule has 0 spiro atoms. The number of ether oxygens (including phenoxy) is 2. The predicted octanol–water partition coefficient (Wildman–Crippen LogP) is 8.51. The summed E-state index contributed by atoms with van der Waals surface area (Å²) in [6.45, 7) is 0. The van der Waals surface area contributed by atoms with E-state index < -0.39 is 0 Å². The molecule has 0 N–H and O–H groups in total. The van der Waals surface area contributed by atoms with E-state index in [4.69, 9.17) is 9.47 Å². The maximum absolute atomic E-state index is 5.57. The largest absolute Gasteiger partial charge is 0.497 e. The van der Waals surface area contributed by atoms with E-state index in [1.54, 1.807) is 14.2 Å². The Hall–Kier alpha value is -4.50. The summed E-state index contributed by atoms with van der Waals surface area (Å²) in [7, 11) is 3.35. The summed E-state index contributed by atoms with van der Waals surface area (Å²) in [5.41, 5.74) is 7.80. The summed E-state index contributed by atoms with van der Waals surface area (Å²) in [6, 6.07) is 44.0. The maximum atomic E-state index is 5.57. The highest BCUT2D eigenvalue weighted by atomic mass is 16.5. The first-order valence-corrected chi connectivity index (χ1v) is 11.6. The molecule has 0 heterocycles. The molecule has 0 atom stereocenters. The van der Waals surface area contributed by atoms with Crippen molar-refractivity contribution in [3.8, 4) is 33.8 Å². The second-order valence-corrected chi connectivity index (χ2v) is 8.23. The fraction of sp³-hybridized carbons (Fsp3) is 0.0625. The number of hydrogen-bond acceptors (Lipinski definition) is 3. The van der Waals surface area contributed by atoms with Crippen LogP contribution in [0.5, 0.6) is 11.5 Å². The summed E-state index contributed by atoms with van der Waals surface area (Å²) in [6.07, 6.45) is 0. The normalized spacial score (nSPS) is 10.6. The van der Waals surface area contributed by atoms with Gasteiger partial charge in [-0.15, -0.1) is 0 Å². The minimum absolute atomic E-state index is 0.742. The molecule has 0 fully saturated rings. The summed E-state index contributed by atoms with van der Waals surface area (Å²) in [4.78, 5) is 2.22. The van der Waals surface area contributed by atoms with Crippen molar-refractivity contribution in [1.29, 1.82) is 0 Å². The fourth-order valence-corrected chi connectivity index (χ4v) is 4.24. The van der Waals surface area contributed by atoms with E-state index in [0.29, 0.717) is 0 Å². The summed E-state index contributed by atoms with van der Waals surface area (Å²) < 4.78 is 11.1. The lowest BCUT2D eigenvalue weighted by molar-refractivity contribution is 0.394. The van der Waals surface area contributed by atoms with Crippen molar-refractivity contribution in [2.75, 3.05) is 19.1 Å². The van der Waals surface area contributed by atoms with Crippen LogP contribution in [-0.2, 0) is 0 Å². The van der Waals surface area contributed by atoms with Gasteiger partial charge in [-0.2, -0.15) is 0 Å². The Bertz CT molecular complexity index is 1270. The van der Waals surface area contributed by atoms with Crippen LogP contribution in [0, 0.1) is 0 Å². The molecule has 0 bridgehead atoms. The first kappa shape index (κ1) is 22.3. The van der Waals surface area contributed by atoms with Gasteiger partial charge in [-0.25, -0.2) is 0 Å². The summed E-state index contributed by atoms with van der Waals surface area (Å²) in [5.74, 6) is 1.48. The first-order chi connectivity index (χ1) is 17.2. The topological polar surface area (TPSA) is 21.7 Å². The number of anilines is 3. The van der Waals surface area contributed by atoms with E-state index in [9.17, 15) is 0 Å². The Kier molecular flexibility index (Phi) is 6.49. The van der Waals surface area contributed by atoms with Gasteiger partial charge in [-0.1, -0.05) is 84.9 Å². The van der Waals surface area contributed by atoms with Crippen LogP contribution >= 0.6 is 0 Å². The van der Waals surface area contributed by atoms with Crippen LogP contribution in [0.4, 0.5) is 17.1 Å². The lowest BCUT2D eigenvalue weighted by atomic mass is 10.0. The number of nitrogens with zero attached hydrogens (tertiary/aromatic N) is 1. The highest BCUT2D eigenvalue weighted by Crippen LogP contribution is 2.39. The van der Waals surface area contributed by atoms with Gasteiger partial charge in [0.2, 0.25) is 0 Å². The Morgan fingerprint density at radius 3 is 1.14 bits per heavy atom. The molecule has 3 nitrogen and oxygen atoms in total. The minimum Gasteiger partial charge on any atom is -0.497 e. The Morgan fingerprint density at radius 1 is 0.400 bits per heavy atom. The minimum atomic E-state index is 0.742. The van der Waals surface area contributed by atoms with Gasteiger partial charge in [0.25, 0.3) is 0 Å². The second kappa shape index (κ2) is 10.2. The van der Waals surface area contributed by atoms with Gasteiger partial charge >= 0.3 is 0 Å². The molecule has 0 aliphatic rings. The van der Waals surface area contributed by atoms with Gasteiger partial charge in [0.15, 0.2) is 0 Å². The van der Waals surface area contributed by atoms with Gasteiger partial charge < -0.3 is 14.4 Å².